The van der Waals surface area contributed by atoms with Crippen LogP contribution in [0.25, 0.3) is 0 Å². The van der Waals surface area contributed by atoms with Crippen molar-refractivity contribution < 1.29 is 9.26 Å². The predicted molar refractivity (Wildman–Crippen MR) is 89.4 cm³/mol. The molecule has 3 rings (SSSR count). The van der Waals surface area contributed by atoms with Crippen molar-refractivity contribution in [3.8, 4) is 0 Å². The molecule has 0 saturated carbocycles. The van der Waals surface area contributed by atoms with Crippen LogP contribution in [0.1, 0.15) is 48.9 Å². The Labute approximate surface area is 143 Å². The average Bonchev–Trinajstić information content (AvgIpc) is 3.15. The fourth-order valence-electron chi connectivity index (χ4n) is 3.41. The van der Waals surface area contributed by atoms with Gasteiger partial charge in [-0.2, -0.15) is 10.1 Å². The molecule has 3 heterocycles. The molecule has 1 atom stereocenters. The number of aromatic nitrogens is 4. The molecule has 1 fully saturated rings. The molecule has 0 spiro atoms. The summed E-state index contributed by atoms with van der Waals surface area (Å²) in [4.78, 5) is 6.84. The predicted octanol–water partition coefficient (Wildman–Crippen LogP) is 2.50. The lowest BCUT2D eigenvalue weighted by Crippen LogP contribution is -2.37. The van der Waals surface area contributed by atoms with Crippen molar-refractivity contribution in [1.29, 1.82) is 0 Å². The zero-order valence-corrected chi connectivity index (χ0v) is 15.0. The lowest BCUT2D eigenvalue weighted by atomic mass is 9.96. The number of hydrogen-bond acceptors (Lipinski definition) is 6. The molecule has 132 valence electrons. The van der Waals surface area contributed by atoms with Gasteiger partial charge in [-0.3, -0.25) is 9.58 Å². The van der Waals surface area contributed by atoms with Crippen molar-refractivity contribution in [3.05, 3.63) is 29.2 Å². The molecule has 2 aromatic rings. The van der Waals surface area contributed by atoms with E-state index in [0.717, 1.165) is 25.3 Å². The van der Waals surface area contributed by atoms with E-state index in [-0.39, 0.29) is 6.04 Å². The molecule has 2 aromatic heterocycles. The van der Waals surface area contributed by atoms with Gasteiger partial charge in [0.2, 0.25) is 5.89 Å². The van der Waals surface area contributed by atoms with Crippen LogP contribution < -0.4 is 0 Å². The van der Waals surface area contributed by atoms with Crippen molar-refractivity contribution in [2.45, 2.75) is 52.8 Å². The Morgan fingerprint density at radius 1 is 1.33 bits per heavy atom. The summed E-state index contributed by atoms with van der Waals surface area (Å²) in [5, 5.41) is 8.54. The zero-order valence-electron chi connectivity index (χ0n) is 15.0. The number of methoxy groups -OCH3 is 1. The molecule has 0 amide bonds. The van der Waals surface area contributed by atoms with Crippen LogP contribution in [0.15, 0.2) is 10.6 Å². The van der Waals surface area contributed by atoms with Gasteiger partial charge in [-0.15, -0.1) is 0 Å². The fourth-order valence-corrected chi connectivity index (χ4v) is 3.41. The molecule has 0 aliphatic carbocycles. The number of likely N-dealkylation sites (tertiary alicyclic amines) is 1. The topological polar surface area (TPSA) is 69.2 Å². The zero-order chi connectivity index (χ0) is 17.1. The number of aryl methyl sites for hydroxylation is 2. The smallest absolute Gasteiger partial charge is 0.243 e. The van der Waals surface area contributed by atoms with Crippen LogP contribution in [0.5, 0.6) is 0 Å². The summed E-state index contributed by atoms with van der Waals surface area (Å²) in [6.45, 7) is 9.81. The molecule has 0 aromatic carbocycles. The fraction of sp³-hybridized carbons (Fsp3) is 0.706. The van der Waals surface area contributed by atoms with Gasteiger partial charge in [0.25, 0.3) is 0 Å². The highest BCUT2D eigenvalue weighted by Gasteiger charge is 2.27. The van der Waals surface area contributed by atoms with Gasteiger partial charge in [0.1, 0.15) is 6.61 Å². The first-order valence-corrected chi connectivity index (χ1v) is 8.63. The van der Waals surface area contributed by atoms with Crippen molar-refractivity contribution >= 4 is 0 Å². The molecule has 1 aliphatic rings. The van der Waals surface area contributed by atoms with Crippen LogP contribution in [-0.2, 0) is 17.9 Å². The molecule has 0 bridgehead atoms. The molecule has 0 N–H and O–H groups in total. The van der Waals surface area contributed by atoms with E-state index in [9.17, 15) is 0 Å². The van der Waals surface area contributed by atoms with Gasteiger partial charge in [0, 0.05) is 19.3 Å². The number of nitrogens with zero attached hydrogens (tertiary/aromatic N) is 5. The number of rotatable bonds is 6. The van der Waals surface area contributed by atoms with E-state index in [1.807, 2.05) is 0 Å². The van der Waals surface area contributed by atoms with Gasteiger partial charge in [0.05, 0.1) is 11.7 Å². The van der Waals surface area contributed by atoms with E-state index in [1.54, 1.807) is 7.11 Å². The first kappa shape index (κ1) is 17.1. The molecule has 0 radical (unpaired) electrons. The summed E-state index contributed by atoms with van der Waals surface area (Å²) in [5.41, 5.74) is 2.35. The summed E-state index contributed by atoms with van der Waals surface area (Å²) >= 11 is 0. The molecular weight excluding hydrogens is 306 g/mol. The van der Waals surface area contributed by atoms with Crippen molar-refractivity contribution in [2.75, 3.05) is 20.2 Å². The molecule has 0 unspecified atom stereocenters. The summed E-state index contributed by atoms with van der Waals surface area (Å²) in [6, 6.07) is 2.29. The van der Waals surface area contributed by atoms with Gasteiger partial charge < -0.3 is 9.26 Å². The highest BCUT2D eigenvalue weighted by atomic mass is 16.5. The van der Waals surface area contributed by atoms with Crippen molar-refractivity contribution in [2.24, 2.45) is 5.92 Å². The number of hydrogen-bond donors (Lipinski definition) is 0. The molecule has 7 heteroatoms. The largest absolute Gasteiger partial charge is 0.377 e. The summed E-state index contributed by atoms with van der Waals surface area (Å²) in [7, 11) is 1.63. The van der Waals surface area contributed by atoms with Crippen LogP contribution in [-0.4, -0.2) is 45.0 Å². The normalized spacial score (nSPS) is 18.2. The van der Waals surface area contributed by atoms with Gasteiger partial charge >= 0.3 is 0 Å². The van der Waals surface area contributed by atoms with E-state index in [0.29, 0.717) is 24.2 Å². The highest BCUT2D eigenvalue weighted by molar-refractivity contribution is 5.06. The second-order valence-electron chi connectivity index (χ2n) is 6.75. The highest BCUT2D eigenvalue weighted by Crippen LogP contribution is 2.26. The standard InChI is InChI=1S/C17H27N5O2/c1-12-9-13(2)22(19-12)10-15-5-7-21(8-6-15)14(3)17-18-16(11-23-4)20-24-17/h9,14-15H,5-8,10-11H2,1-4H3/t14-/m1/s1. The minimum absolute atomic E-state index is 0.151. The Morgan fingerprint density at radius 3 is 2.71 bits per heavy atom. The van der Waals surface area contributed by atoms with E-state index in [1.165, 1.54) is 18.5 Å². The number of ether oxygens (including phenoxy) is 1. The quantitative estimate of drug-likeness (QED) is 0.809. The van der Waals surface area contributed by atoms with E-state index >= 15 is 0 Å². The average molecular weight is 333 g/mol. The van der Waals surface area contributed by atoms with Crippen molar-refractivity contribution in [1.82, 2.24) is 24.8 Å². The van der Waals surface area contributed by atoms with Crippen LogP contribution in [0.3, 0.4) is 0 Å². The second-order valence-corrected chi connectivity index (χ2v) is 6.75. The monoisotopic (exact) mass is 333 g/mol. The molecule has 1 aliphatic heterocycles. The number of piperidine rings is 1. The van der Waals surface area contributed by atoms with E-state index in [2.05, 4.69) is 51.7 Å². The summed E-state index contributed by atoms with van der Waals surface area (Å²) < 4.78 is 12.6. The Hall–Kier alpha value is -1.73. The third kappa shape index (κ3) is 3.84. The Morgan fingerprint density at radius 2 is 2.08 bits per heavy atom. The lowest BCUT2D eigenvalue weighted by Gasteiger charge is -2.34. The van der Waals surface area contributed by atoms with Gasteiger partial charge in [-0.05, 0) is 58.7 Å². The Bertz CT molecular complexity index is 658. The van der Waals surface area contributed by atoms with Crippen LogP contribution in [0.2, 0.25) is 0 Å². The minimum atomic E-state index is 0.151. The summed E-state index contributed by atoms with van der Waals surface area (Å²) in [6.07, 6.45) is 2.34. The van der Waals surface area contributed by atoms with E-state index < -0.39 is 0 Å². The molecule has 24 heavy (non-hydrogen) atoms. The SMILES string of the molecule is COCc1noc([C@@H](C)N2CCC(Cn3nc(C)cc3C)CC2)n1. The van der Waals surface area contributed by atoms with Crippen molar-refractivity contribution in [3.63, 3.8) is 0 Å². The molecule has 1 saturated heterocycles. The molecular formula is C17H27N5O2. The molecule has 7 nitrogen and oxygen atoms in total. The van der Waals surface area contributed by atoms with E-state index in [4.69, 9.17) is 9.26 Å². The lowest BCUT2D eigenvalue weighted by molar-refractivity contribution is 0.112. The van der Waals surface area contributed by atoms with Crippen LogP contribution >= 0.6 is 0 Å². The van der Waals surface area contributed by atoms with Gasteiger partial charge in [-0.1, -0.05) is 5.16 Å². The summed E-state index contributed by atoms with van der Waals surface area (Å²) in [5.74, 6) is 1.97. The maximum atomic E-state index is 5.38. The van der Waals surface area contributed by atoms with Crippen LogP contribution in [0.4, 0.5) is 0 Å². The maximum absolute atomic E-state index is 5.38. The minimum Gasteiger partial charge on any atom is -0.377 e. The third-order valence-corrected chi connectivity index (χ3v) is 4.85. The first-order valence-electron chi connectivity index (χ1n) is 8.63. The van der Waals surface area contributed by atoms with Crippen LogP contribution in [0, 0.1) is 19.8 Å². The third-order valence-electron chi connectivity index (χ3n) is 4.85. The second kappa shape index (κ2) is 7.44. The Balaban J connectivity index is 1.53. The van der Waals surface area contributed by atoms with Gasteiger partial charge in [0.15, 0.2) is 5.82 Å². The first-order chi connectivity index (χ1) is 11.6. The maximum Gasteiger partial charge on any atom is 0.243 e. The Kier molecular flexibility index (Phi) is 5.30. The van der Waals surface area contributed by atoms with Gasteiger partial charge in [-0.25, -0.2) is 0 Å².